The highest BCUT2D eigenvalue weighted by Crippen LogP contribution is 2.35. The van der Waals surface area contributed by atoms with Gasteiger partial charge in [-0.15, -0.1) is 0 Å². The van der Waals surface area contributed by atoms with E-state index in [9.17, 15) is 9.59 Å². The SMILES string of the molecule is CC(C)CC(c1ccccc1)C(C[C@@H](Cc1ccc2c(c1)CC(=O)N2)N(C)C)C(N)=O. The fourth-order valence-corrected chi connectivity index (χ4v) is 4.67. The molecule has 0 fully saturated rings. The fraction of sp³-hybridized carbons (Fsp3) is 0.462. The van der Waals surface area contributed by atoms with E-state index in [0.717, 1.165) is 24.1 Å². The Hall–Kier alpha value is -2.66. The van der Waals surface area contributed by atoms with Gasteiger partial charge in [-0.1, -0.05) is 56.3 Å². The summed E-state index contributed by atoms with van der Waals surface area (Å²) in [6.45, 7) is 4.38. The Balaban J connectivity index is 1.83. The molecule has 2 amide bonds. The summed E-state index contributed by atoms with van der Waals surface area (Å²) in [5, 5.41) is 2.89. The zero-order chi connectivity index (χ0) is 22.5. The predicted molar refractivity (Wildman–Crippen MR) is 126 cm³/mol. The van der Waals surface area contributed by atoms with E-state index < -0.39 is 0 Å². The van der Waals surface area contributed by atoms with E-state index in [-0.39, 0.29) is 29.7 Å². The number of fused-ring (bicyclic) bond motifs is 1. The lowest BCUT2D eigenvalue weighted by atomic mass is 9.76. The summed E-state index contributed by atoms with van der Waals surface area (Å²) in [4.78, 5) is 26.5. The zero-order valence-electron chi connectivity index (χ0n) is 19.1. The molecule has 3 N–H and O–H groups in total. The van der Waals surface area contributed by atoms with Gasteiger partial charge in [0.05, 0.1) is 6.42 Å². The average Bonchev–Trinajstić information content (AvgIpc) is 3.09. The second kappa shape index (κ2) is 10.1. The average molecular weight is 422 g/mol. The van der Waals surface area contributed by atoms with E-state index in [1.165, 1.54) is 11.1 Å². The first-order valence-electron chi connectivity index (χ1n) is 11.2. The van der Waals surface area contributed by atoms with Gasteiger partial charge in [-0.2, -0.15) is 0 Å². The van der Waals surface area contributed by atoms with Crippen molar-refractivity contribution in [3.05, 3.63) is 65.2 Å². The molecule has 0 saturated carbocycles. The van der Waals surface area contributed by atoms with E-state index in [0.29, 0.717) is 18.8 Å². The molecule has 0 spiro atoms. The van der Waals surface area contributed by atoms with Crippen molar-refractivity contribution in [2.75, 3.05) is 19.4 Å². The monoisotopic (exact) mass is 421 g/mol. The molecule has 0 bridgehead atoms. The third-order valence-corrected chi connectivity index (χ3v) is 6.33. The van der Waals surface area contributed by atoms with Crippen molar-refractivity contribution in [2.45, 2.75) is 51.5 Å². The molecular formula is C26H35N3O2. The number of anilines is 1. The van der Waals surface area contributed by atoms with Crippen molar-refractivity contribution in [3.8, 4) is 0 Å². The van der Waals surface area contributed by atoms with E-state index >= 15 is 0 Å². The van der Waals surface area contributed by atoms with Crippen LogP contribution in [0.4, 0.5) is 5.69 Å². The Labute approximate surface area is 186 Å². The van der Waals surface area contributed by atoms with Crippen molar-refractivity contribution >= 4 is 17.5 Å². The number of benzene rings is 2. The number of carbonyl (C=O) groups is 2. The van der Waals surface area contributed by atoms with Crippen LogP contribution in [0.25, 0.3) is 0 Å². The van der Waals surface area contributed by atoms with Crippen LogP contribution < -0.4 is 11.1 Å². The number of nitrogens with one attached hydrogen (secondary N) is 1. The van der Waals surface area contributed by atoms with Crippen molar-refractivity contribution in [1.82, 2.24) is 4.90 Å². The highest BCUT2D eigenvalue weighted by molar-refractivity contribution is 5.99. The van der Waals surface area contributed by atoms with E-state index in [4.69, 9.17) is 5.73 Å². The maximum Gasteiger partial charge on any atom is 0.228 e. The van der Waals surface area contributed by atoms with Gasteiger partial charge >= 0.3 is 0 Å². The van der Waals surface area contributed by atoms with Crippen LogP contribution in [0.5, 0.6) is 0 Å². The van der Waals surface area contributed by atoms with Crippen LogP contribution in [0, 0.1) is 11.8 Å². The van der Waals surface area contributed by atoms with E-state index in [1.807, 2.05) is 24.3 Å². The summed E-state index contributed by atoms with van der Waals surface area (Å²) in [7, 11) is 4.11. The first kappa shape index (κ1) is 23.0. The lowest BCUT2D eigenvalue weighted by Gasteiger charge is -2.33. The first-order valence-corrected chi connectivity index (χ1v) is 11.2. The van der Waals surface area contributed by atoms with Gasteiger partial charge in [0, 0.05) is 17.6 Å². The van der Waals surface area contributed by atoms with Crippen LogP contribution >= 0.6 is 0 Å². The molecule has 1 aliphatic heterocycles. The summed E-state index contributed by atoms with van der Waals surface area (Å²) in [5.41, 5.74) is 10.3. The minimum Gasteiger partial charge on any atom is -0.369 e. The lowest BCUT2D eigenvalue weighted by molar-refractivity contribution is -0.123. The van der Waals surface area contributed by atoms with Crippen molar-refractivity contribution in [1.29, 1.82) is 0 Å². The Morgan fingerprint density at radius 2 is 1.81 bits per heavy atom. The van der Waals surface area contributed by atoms with Gasteiger partial charge in [-0.25, -0.2) is 0 Å². The standard InChI is InChI=1S/C26H35N3O2/c1-17(2)12-22(19-8-6-5-7-9-19)23(26(27)31)16-21(29(3)4)14-18-10-11-24-20(13-18)15-25(30)28-24/h5-11,13,17,21-23H,12,14-16H2,1-4H3,(H2,27,31)(H,28,30)/t21-,22?,23?/m1/s1. The summed E-state index contributed by atoms with van der Waals surface area (Å²) in [6, 6.07) is 16.6. The molecule has 5 heteroatoms. The lowest BCUT2D eigenvalue weighted by Crippen LogP contribution is -2.38. The molecule has 2 unspecified atom stereocenters. The molecule has 5 nitrogen and oxygen atoms in total. The van der Waals surface area contributed by atoms with Gasteiger partial charge in [0.25, 0.3) is 0 Å². The van der Waals surface area contributed by atoms with Crippen molar-refractivity contribution < 1.29 is 9.59 Å². The topological polar surface area (TPSA) is 75.4 Å². The van der Waals surface area contributed by atoms with Crippen LogP contribution in [-0.2, 0) is 22.4 Å². The van der Waals surface area contributed by atoms with E-state index in [2.05, 4.69) is 62.4 Å². The molecule has 2 aromatic rings. The van der Waals surface area contributed by atoms with Gasteiger partial charge in [-0.3, -0.25) is 9.59 Å². The molecule has 3 rings (SSSR count). The van der Waals surface area contributed by atoms with Crippen LogP contribution in [0.1, 0.15) is 49.3 Å². The van der Waals surface area contributed by atoms with Gasteiger partial charge in [-0.05, 0) is 68.0 Å². The third-order valence-electron chi connectivity index (χ3n) is 6.33. The zero-order valence-corrected chi connectivity index (χ0v) is 19.1. The highest BCUT2D eigenvalue weighted by Gasteiger charge is 2.32. The number of amides is 2. The van der Waals surface area contributed by atoms with Gasteiger partial charge in [0.15, 0.2) is 0 Å². The summed E-state index contributed by atoms with van der Waals surface area (Å²) in [6.07, 6.45) is 2.86. The Bertz CT molecular complexity index is 908. The van der Waals surface area contributed by atoms with Crippen LogP contribution in [-0.4, -0.2) is 36.9 Å². The maximum atomic E-state index is 12.7. The van der Waals surface area contributed by atoms with Crippen molar-refractivity contribution in [3.63, 3.8) is 0 Å². The summed E-state index contributed by atoms with van der Waals surface area (Å²) < 4.78 is 0. The molecule has 3 atom stereocenters. The first-order chi connectivity index (χ1) is 14.7. The predicted octanol–water partition coefficient (Wildman–Crippen LogP) is 3.98. The number of rotatable bonds is 10. The summed E-state index contributed by atoms with van der Waals surface area (Å²) >= 11 is 0. The minimum atomic E-state index is -0.241. The molecule has 1 aliphatic rings. The number of likely N-dealkylation sites (N-methyl/N-ethyl adjacent to an activating group) is 1. The molecule has 0 radical (unpaired) electrons. The molecule has 0 aromatic heterocycles. The Morgan fingerprint density at radius 3 is 2.42 bits per heavy atom. The Morgan fingerprint density at radius 1 is 1.10 bits per heavy atom. The number of primary amides is 1. The largest absolute Gasteiger partial charge is 0.369 e. The quantitative estimate of drug-likeness (QED) is 0.609. The Kier molecular flexibility index (Phi) is 7.50. The molecular weight excluding hydrogens is 386 g/mol. The van der Waals surface area contributed by atoms with Gasteiger partial charge < -0.3 is 16.0 Å². The van der Waals surface area contributed by atoms with Gasteiger partial charge in [0.1, 0.15) is 0 Å². The number of hydrogen-bond donors (Lipinski definition) is 2. The molecule has 0 aliphatic carbocycles. The van der Waals surface area contributed by atoms with Crippen LogP contribution in [0.2, 0.25) is 0 Å². The van der Waals surface area contributed by atoms with Crippen LogP contribution in [0.15, 0.2) is 48.5 Å². The highest BCUT2D eigenvalue weighted by atomic mass is 16.2. The summed E-state index contributed by atoms with van der Waals surface area (Å²) in [5.74, 6) is 0.138. The second-order valence-electron chi connectivity index (χ2n) is 9.43. The second-order valence-corrected chi connectivity index (χ2v) is 9.43. The smallest absolute Gasteiger partial charge is 0.228 e. The molecule has 2 aromatic carbocycles. The number of hydrogen-bond acceptors (Lipinski definition) is 3. The fourth-order valence-electron chi connectivity index (χ4n) is 4.67. The third kappa shape index (κ3) is 5.95. The number of nitrogens with zero attached hydrogens (tertiary/aromatic N) is 1. The molecule has 1 heterocycles. The molecule has 0 saturated heterocycles. The molecule has 166 valence electrons. The maximum absolute atomic E-state index is 12.7. The molecule has 31 heavy (non-hydrogen) atoms. The minimum absolute atomic E-state index is 0.0458. The van der Waals surface area contributed by atoms with E-state index in [1.54, 1.807) is 0 Å². The number of nitrogens with two attached hydrogens (primary N) is 1. The normalized spacial score (nSPS) is 16.1. The van der Waals surface area contributed by atoms with Crippen LogP contribution in [0.3, 0.4) is 0 Å². The van der Waals surface area contributed by atoms with Crippen molar-refractivity contribution in [2.24, 2.45) is 17.6 Å². The van der Waals surface area contributed by atoms with Gasteiger partial charge in [0.2, 0.25) is 11.8 Å². The number of carbonyl (C=O) groups excluding carboxylic acids is 2.